The van der Waals surface area contributed by atoms with Gasteiger partial charge in [-0.25, -0.2) is 0 Å². The van der Waals surface area contributed by atoms with Crippen molar-refractivity contribution in [3.8, 4) is 0 Å². The second-order valence-corrected chi connectivity index (χ2v) is 8.37. The van der Waals surface area contributed by atoms with Crippen LogP contribution in [0.3, 0.4) is 0 Å². The molecule has 172 valence electrons. The first kappa shape index (κ1) is 27.9. The molecule has 0 N–H and O–H groups in total. The minimum Gasteiger partial charge on any atom is -0.469 e. The van der Waals surface area contributed by atoms with E-state index in [0.717, 1.165) is 25.7 Å². The van der Waals surface area contributed by atoms with Gasteiger partial charge in [-0.05, 0) is 12.8 Å². The first-order chi connectivity index (χ1) is 14.2. The lowest BCUT2D eigenvalue weighted by molar-refractivity contribution is -0.141. The van der Waals surface area contributed by atoms with Gasteiger partial charge >= 0.3 is 11.9 Å². The summed E-state index contributed by atoms with van der Waals surface area (Å²) in [5, 5.41) is 0. The van der Waals surface area contributed by atoms with Gasteiger partial charge < -0.3 is 9.47 Å². The normalized spacial score (nSPS) is 10.8. The highest BCUT2D eigenvalue weighted by molar-refractivity contribution is 5.69. The predicted molar refractivity (Wildman–Crippen MR) is 121 cm³/mol. The van der Waals surface area contributed by atoms with Gasteiger partial charge in [-0.2, -0.15) is 0 Å². The molecule has 0 saturated carbocycles. The van der Waals surface area contributed by atoms with Crippen molar-refractivity contribution in [3.05, 3.63) is 0 Å². The molecule has 0 amide bonds. The number of hydrogen-bond donors (Lipinski definition) is 0. The molecule has 4 nitrogen and oxygen atoms in total. The summed E-state index contributed by atoms with van der Waals surface area (Å²) < 4.78 is 9.30. The summed E-state index contributed by atoms with van der Waals surface area (Å²) in [6.07, 6.45) is 25.8. The molecule has 0 aromatic heterocycles. The van der Waals surface area contributed by atoms with Crippen LogP contribution in [0, 0.1) is 0 Å². The van der Waals surface area contributed by atoms with Crippen molar-refractivity contribution in [2.24, 2.45) is 0 Å². The zero-order chi connectivity index (χ0) is 21.4. The average Bonchev–Trinajstić information content (AvgIpc) is 2.74. The van der Waals surface area contributed by atoms with E-state index in [1.807, 2.05) is 0 Å². The molecule has 4 heteroatoms. The standard InChI is InChI=1S/C25H48O4/c1-28-24(26)22-20-18-16-14-12-10-8-6-4-3-5-7-9-11-13-15-17-19-21-23-25(27)29-2/h3-23H2,1-2H3. The maximum atomic E-state index is 11.0. The molecule has 0 aromatic carbocycles. The first-order valence-corrected chi connectivity index (χ1v) is 12.3. The van der Waals surface area contributed by atoms with Crippen LogP contribution in [0.4, 0.5) is 0 Å². The Morgan fingerprint density at radius 2 is 0.552 bits per heavy atom. The van der Waals surface area contributed by atoms with Crippen LogP contribution in [-0.4, -0.2) is 26.2 Å². The monoisotopic (exact) mass is 412 g/mol. The molecule has 0 unspecified atom stereocenters. The number of ether oxygens (including phenoxy) is 2. The largest absolute Gasteiger partial charge is 0.469 e. The van der Waals surface area contributed by atoms with Crippen molar-refractivity contribution >= 4 is 11.9 Å². The Hall–Kier alpha value is -1.06. The second kappa shape index (κ2) is 23.2. The Labute approximate surface area is 180 Å². The fourth-order valence-corrected chi connectivity index (χ4v) is 3.75. The molecule has 0 rings (SSSR count). The third kappa shape index (κ3) is 23.1. The third-order valence-corrected chi connectivity index (χ3v) is 5.72. The fraction of sp³-hybridized carbons (Fsp3) is 0.920. The van der Waals surface area contributed by atoms with Gasteiger partial charge in [-0.1, -0.05) is 109 Å². The molecular formula is C25H48O4. The highest BCUT2D eigenvalue weighted by atomic mass is 16.5. The summed E-state index contributed by atoms with van der Waals surface area (Å²) >= 11 is 0. The molecule has 0 spiro atoms. The van der Waals surface area contributed by atoms with Crippen molar-refractivity contribution in [1.82, 2.24) is 0 Å². The molecule has 0 aromatic rings. The van der Waals surface area contributed by atoms with Gasteiger partial charge in [0, 0.05) is 12.8 Å². The lowest BCUT2D eigenvalue weighted by Gasteiger charge is -2.04. The van der Waals surface area contributed by atoms with E-state index < -0.39 is 0 Å². The van der Waals surface area contributed by atoms with E-state index in [-0.39, 0.29) is 11.9 Å². The second-order valence-electron chi connectivity index (χ2n) is 8.37. The smallest absolute Gasteiger partial charge is 0.305 e. The molecule has 0 aliphatic carbocycles. The van der Waals surface area contributed by atoms with E-state index >= 15 is 0 Å². The number of carbonyl (C=O) groups excluding carboxylic acids is 2. The zero-order valence-electron chi connectivity index (χ0n) is 19.5. The van der Waals surface area contributed by atoms with Crippen LogP contribution in [0.5, 0.6) is 0 Å². The summed E-state index contributed by atoms with van der Waals surface area (Å²) in [4.78, 5) is 22.0. The number of carbonyl (C=O) groups is 2. The van der Waals surface area contributed by atoms with Crippen LogP contribution < -0.4 is 0 Å². The minimum absolute atomic E-state index is 0.0749. The number of esters is 2. The van der Waals surface area contributed by atoms with Gasteiger partial charge in [0.1, 0.15) is 0 Å². The topological polar surface area (TPSA) is 52.6 Å². The average molecular weight is 413 g/mol. The van der Waals surface area contributed by atoms with Crippen molar-refractivity contribution in [1.29, 1.82) is 0 Å². The van der Waals surface area contributed by atoms with Crippen molar-refractivity contribution in [2.45, 2.75) is 135 Å². The number of rotatable bonds is 22. The number of hydrogen-bond acceptors (Lipinski definition) is 4. The Morgan fingerprint density at radius 1 is 0.379 bits per heavy atom. The van der Waals surface area contributed by atoms with E-state index in [1.165, 1.54) is 111 Å². The van der Waals surface area contributed by atoms with E-state index in [9.17, 15) is 9.59 Å². The van der Waals surface area contributed by atoms with Crippen LogP contribution >= 0.6 is 0 Å². The van der Waals surface area contributed by atoms with Gasteiger partial charge in [0.05, 0.1) is 14.2 Å². The maximum Gasteiger partial charge on any atom is 0.305 e. The van der Waals surface area contributed by atoms with Crippen LogP contribution in [0.1, 0.15) is 135 Å². The third-order valence-electron chi connectivity index (χ3n) is 5.72. The SMILES string of the molecule is COC(=O)CCCCCCCCCCCCCCCCCCCCCC(=O)OC. The van der Waals surface area contributed by atoms with Gasteiger partial charge in [0.15, 0.2) is 0 Å². The van der Waals surface area contributed by atoms with Crippen molar-refractivity contribution in [3.63, 3.8) is 0 Å². The summed E-state index contributed by atoms with van der Waals surface area (Å²) in [6, 6.07) is 0. The van der Waals surface area contributed by atoms with Gasteiger partial charge in [-0.15, -0.1) is 0 Å². The predicted octanol–water partition coefficient (Wildman–Crippen LogP) is 7.52. The summed E-state index contributed by atoms with van der Waals surface area (Å²) in [5.41, 5.74) is 0. The molecule has 0 fully saturated rings. The van der Waals surface area contributed by atoms with Gasteiger partial charge in [0.25, 0.3) is 0 Å². The zero-order valence-corrected chi connectivity index (χ0v) is 19.5. The lowest BCUT2D eigenvalue weighted by atomic mass is 10.0. The Kier molecular flexibility index (Phi) is 22.4. The molecule has 29 heavy (non-hydrogen) atoms. The Balaban J connectivity index is 3.05. The van der Waals surface area contributed by atoms with E-state index in [0.29, 0.717) is 12.8 Å². The molecule has 0 radical (unpaired) electrons. The molecule has 0 atom stereocenters. The molecule has 0 bridgehead atoms. The van der Waals surface area contributed by atoms with Crippen LogP contribution in [0.2, 0.25) is 0 Å². The summed E-state index contributed by atoms with van der Waals surface area (Å²) in [5.74, 6) is -0.150. The lowest BCUT2D eigenvalue weighted by Crippen LogP contribution is -1.99. The summed E-state index contributed by atoms with van der Waals surface area (Å²) in [7, 11) is 2.92. The summed E-state index contributed by atoms with van der Waals surface area (Å²) in [6.45, 7) is 0. The van der Waals surface area contributed by atoms with E-state index in [4.69, 9.17) is 0 Å². The molecule has 0 heterocycles. The van der Waals surface area contributed by atoms with Gasteiger partial charge in [0.2, 0.25) is 0 Å². The Morgan fingerprint density at radius 3 is 0.724 bits per heavy atom. The quantitative estimate of drug-likeness (QED) is 0.136. The molecular weight excluding hydrogens is 364 g/mol. The highest BCUT2D eigenvalue weighted by Gasteiger charge is 2.00. The van der Waals surface area contributed by atoms with Crippen molar-refractivity contribution in [2.75, 3.05) is 14.2 Å². The molecule has 0 aliphatic rings. The molecule has 0 aliphatic heterocycles. The minimum atomic E-state index is -0.0749. The highest BCUT2D eigenvalue weighted by Crippen LogP contribution is 2.15. The van der Waals surface area contributed by atoms with E-state index in [1.54, 1.807) is 0 Å². The number of methoxy groups -OCH3 is 2. The Bertz CT molecular complexity index is 334. The number of unbranched alkanes of at least 4 members (excludes halogenated alkanes) is 18. The van der Waals surface area contributed by atoms with E-state index in [2.05, 4.69) is 9.47 Å². The fourth-order valence-electron chi connectivity index (χ4n) is 3.75. The van der Waals surface area contributed by atoms with Crippen LogP contribution in [0.25, 0.3) is 0 Å². The first-order valence-electron chi connectivity index (χ1n) is 12.3. The van der Waals surface area contributed by atoms with Crippen LogP contribution in [-0.2, 0) is 19.1 Å². The van der Waals surface area contributed by atoms with Crippen LogP contribution in [0.15, 0.2) is 0 Å². The van der Waals surface area contributed by atoms with Gasteiger partial charge in [-0.3, -0.25) is 9.59 Å². The molecule has 0 saturated heterocycles. The van der Waals surface area contributed by atoms with Crippen molar-refractivity contribution < 1.29 is 19.1 Å². The maximum absolute atomic E-state index is 11.0.